The Bertz CT molecular complexity index is 74.0. The molecule has 0 rings (SSSR count). The van der Waals surface area contributed by atoms with Crippen LogP contribution < -0.4 is 10.8 Å². The van der Waals surface area contributed by atoms with Gasteiger partial charge in [-0.3, -0.25) is 0 Å². The summed E-state index contributed by atoms with van der Waals surface area (Å²) in [4.78, 5) is 0. The van der Waals surface area contributed by atoms with Crippen LogP contribution in [0.3, 0.4) is 0 Å². The van der Waals surface area contributed by atoms with E-state index >= 15 is 0 Å². The van der Waals surface area contributed by atoms with E-state index in [1.165, 1.54) is 6.42 Å². The minimum absolute atomic E-state index is 0.597. The predicted molar refractivity (Wildman–Crippen MR) is 49.7 cm³/mol. The lowest BCUT2D eigenvalue weighted by Gasteiger charge is -2.20. The van der Waals surface area contributed by atoms with Gasteiger partial charge in [0.2, 0.25) is 0 Å². The van der Waals surface area contributed by atoms with Crippen molar-refractivity contribution in [1.82, 2.24) is 5.32 Å². The Labute approximate surface area is 65.8 Å². The molecule has 0 amide bonds. The van der Waals surface area contributed by atoms with Gasteiger partial charge in [-0.25, -0.2) is 0 Å². The van der Waals surface area contributed by atoms with Crippen LogP contribution in [0.4, 0.5) is 0 Å². The van der Waals surface area contributed by atoms with Crippen LogP contribution in [0.1, 0.15) is 20.3 Å². The molecule has 0 bridgehead atoms. The van der Waals surface area contributed by atoms with E-state index in [4.69, 9.17) is 5.50 Å². The summed E-state index contributed by atoms with van der Waals surface area (Å²) in [6.07, 6.45) is 2.35. The topological polar surface area (TPSA) is 38.0 Å². The highest BCUT2D eigenvalue weighted by molar-refractivity contribution is 7.35. The molecule has 10 heavy (non-hydrogen) atoms. The SMILES string of the molecule is CC[C@@H](NC)C(C)CPN. The number of nitrogens with two attached hydrogens (primary N) is 1. The largest absolute Gasteiger partial charge is 0.317 e. The smallest absolute Gasteiger partial charge is 0.00907 e. The summed E-state index contributed by atoms with van der Waals surface area (Å²) in [5.41, 5.74) is 5.48. The molecule has 0 aromatic rings. The highest BCUT2D eigenvalue weighted by Crippen LogP contribution is 2.12. The fourth-order valence-corrected chi connectivity index (χ4v) is 1.88. The number of hydrogen-bond donors (Lipinski definition) is 2. The zero-order chi connectivity index (χ0) is 7.98. The highest BCUT2D eigenvalue weighted by Gasteiger charge is 2.11. The molecule has 0 aliphatic carbocycles. The van der Waals surface area contributed by atoms with Gasteiger partial charge < -0.3 is 10.8 Å². The van der Waals surface area contributed by atoms with Gasteiger partial charge in [-0.05, 0) is 25.5 Å². The minimum Gasteiger partial charge on any atom is -0.317 e. The van der Waals surface area contributed by atoms with Crippen molar-refractivity contribution in [1.29, 1.82) is 0 Å². The lowest BCUT2D eigenvalue weighted by atomic mass is 10.0. The van der Waals surface area contributed by atoms with Gasteiger partial charge in [-0.1, -0.05) is 22.6 Å². The Morgan fingerprint density at radius 3 is 2.50 bits per heavy atom. The number of rotatable bonds is 5. The predicted octanol–water partition coefficient (Wildman–Crippen LogP) is 1.17. The molecule has 0 radical (unpaired) electrons. The van der Waals surface area contributed by atoms with Gasteiger partial charge in [-0.2, -0.15) is 0 Å². The van der Waals surface area contributed by atoms with Crippen LogP contribution in [0, 0.1) is 5.92 Å². The van der Waals surface area contributed by atoms with Gasteiger partial charge in [0.1, 0.15) is 0 Å². The molecule has 0 heterocycles. The van der Waals surface area contributed by atoms with Crippen LogP contribution in [0.2, 0.25) is 0 Å². The van der Waals surface area contributed by atoms with E-state index in [0.29, 0.717) is 14.8 Å². The molecule has 2 nitrogen and oxygen atoms in total. The summed E-state index contributed by atoms with van der Waals surface area (Å²) < 4.78 is 0. The van der Waals surface area contributed by atoms with Crippen molar-refractivity contribution in [2.75, 3.05) is 13.2 Å². The average molecular weight is 162 g/mol. The summed E-state index contributed by atoms with van der Waals surface area (Å²) in [6, 6.07) is 0.649. The Hall–Kier alpha value is 0.350. The standard InChI is InChI=1S/C7H19N2P/c1-4-7(9-3)6(2)5-10-8/h6-7,9-10H,4-5,8H2,1-3H3/t6?,7-/m1/s1. The first-order valence-corrected chi connectivity index (χ1v) is 5.15. The van der Waals surface area contributed by atoms with Crippen molar-refractivity contribution in [2.45, 2.75) is 26.3 Å². The monoisotopic (exact) mass is 162 g/mol. The van der Waals surface area contributed by atoms with Crippen LogP contribution in [0.15, 0.2) is 0 Å². The van der Waals surface area contributed by atoms with Crippen molar-refractivity contribution in [2.24, 2.45) is 11.4 Å². The normalized spacial score (nSPS) is 18.0. The second kappa shape index (κ2) is 6.09. The Balaban J connectivity index is 3.53. The van der Waals surface area contributed by atoms with Gasteiger partial charge in [0.25, 0.3) is 0 Å². The van der Waals surface area contributed by atoms with Crippen molar-refractivity contribution in [3.63, 3.8) is 0 Å². The molecule has 0 fully saturated rings. The van der Waals surface area contributed by atoms with Crippen molar-refractivity contribution in [3.05, 3.63) is 0 Å². The summed E-state index contributed by atoms with van der Waals surface area (Å²) >= 11 is 0. The molecule has 2 unspecified atom stereocenters. The molecule has 3 atom stereocenters. The molecule has 0 saturated carbocycles. The molecule has 3 N–H and O–H groups in total. The first-order chi connectivity index (χ1) is 4.76. The molecule has 0 aliphatic rings. The van der Waals surface area contributed by atoms with Gasteiger partial charge in [0.15, 0.2) is 0 Å². The quantitative estimate of drug-likeness (QED) is 0.595. The molecular formula is C7H19N2P. The first kappa shape index (κ1) is 10.3. The van der Waals surface area contributed by atoms with Crippen molar-refractivity contribution < 1.29 is 0 Å². The van der Waals surface area contributed by atoms with Crippen molar-refractivity contribution >= 4 is 8.73 Å². The third kappa shape index (κ3) is 3.50. The van der Waals surface area contributed by atoms with E-state index in [9.17, 15) is 0 Å². The molecular weight excluding hydrogens is 143 g/mol. The summed E-state index contributed by atoms with van der Waals surface area (Å²) in [5.74, 6) is 0.721. The molecule has 0 spiro atoms. The zero-order valence-electron chi connectivity index (χ0n) is 7.15. The second-order valence-electron chi connectivity index (χ2n) is 2.69. The second-order valence-corrected chi connectivity index (χ2v) is 3.51. The van der Waals surface area contributed by atoms with Crippen LogP contribution in [-0.2, 0) is 0 Å². The van der Waals surface area contributed by atoms with Gasteiger partial charge >= 0.3 is 0 Å². The Morgan fingerprint density at radius 2 is 2.20 bits per heavy atom. The summed E-state index contributed by atoms with van der Waals surface area (Å²) in [6.45, 7) is 4.46. The third-order valence-electron chi connectivity index (χ3n) is 1.94. The fraction of sp³-hybridized carbons (Fsp3) is 1.00. The van der Waals surface area contributed by atoms with Crippen LogP contribution >= 0.6 is 8.73 Å². The molecule has 0 saturated heterocycles. The molecule has 0 aromatic carbocycles. The number of nitrogens with one attached hydrogen (secondary N) is 1. The van der Waals surface area contributed by atoms with E-state index in [0.717, 1.165) is 12.1 Å². The van der Waals surface area contributed by atoms with Crippen LogP contribution in [0.25, 0.3) is 0 Å². The molecule has 0 aromatic heterocycles. The number of hydrogen-bond acceptors (Lipinski definition) is 2. The van der Waals surface area contributed by atoms with E-state index in [-0.39, 0.29) is 0 Å². The van der Waals surface area contributed by atoms with E-state index in [1.807, 2.05) is 7.05 Å². The summed E-state index contributed by atoms with van der Waals surface area (Å²) in [5, 5.41) is 3.29. The average Bonchev–Trinajstić information content (AvgIpc) is 1.91. The lowest BCUT2D eigenvalue weighted by molar-refractivity contribution is 0.421. The minimum atomic E-state index is 0.597. The first-order valence-electron chi connectivity index (χ1n) is 3.87. The Kier molecular flexibility index (Phi) is 6.30. The third-order valence-corrected chi connectivity index (χ3v) is 2.82. The molecule has 0 aliphatic heterocycles. The van der Waals surface area contributed by atoms with Gasteiger partial charge in [-0.15, -0.1) is 0 Å². The van der Waals surface area contributed by atoms with Crippen LogP contribution in [-0.4, -0.2) is 19.3 Å². The maximum absolute atomic E-state index is 5.48. The van der Waals surface area contributed by atoms with E-state index < -0.39 is 0 Å². The zero-order valence-corrected chi connectivity index (χ0v) is 8.15. The van der Waals surface area contributed by atoms with Gasteiger partial charge in [0, 0.05) is 6.04 Å². The van der Waals surface area contributed by atoms with E-state index in [1.54, 1.807) is 0 Å². The Morgan fingerprint density at radius 1 is 1.60 bits per heavy atom. The maximum Gasteiger partial charge on any atom is 0.00907 e. The van der Waals surface area contributed by atoms with Gasteiger partial charge in [0.05, 0.1) is 0 Å². The lowest BCUT2D eigenvalue weighted by Crippen LogP contribution is -2.32. The molecule has 62 valence electrons. The summed E-state index contributed by atoms with van der Waals surface area (Å²) in [7, 11) is 2.62. The fourth-order valence-electron chi connectivity index (χ4n) is 1.22. The van der Waals surface area contributed by atoms with E-state index in [2.05, 4.69) is 19.2 Å². The van der Waals surface area contributed by atoms with Crippen molar-refractivity contribution in [3.8, 4) is 0 Å². The maximum atomic E-state index is 5.48. The highest BCUT2D eigenvalue weighted by atomic mass is 31.1. The van der Waals surface area contributed by atoms with Crippen LogP contribution in [0.5, 0.6) is 0 Å². The molecule has 3 heteroatoms.